The predicted octanol–water partition coefficient (Wildman–Crippen LogP) is 3.63. The number of rotatable bonds is 2. The molecule has 0 saturated carbocycles. The van der Waals surface area contributed by atoms with Crippen molar-refractivity contribution < 1.29 is 4.79 Å². The molecule has 5 nitrogen and oxygen atoms in total. The van der Waals surface area contributed by atoms with Gasteiger partial charge in [0.05, 0.1) is 16.6 Å². The summed E-state index contributed by atoms with van der Waals surface area (Å²) in [5.41, 5.74) is 2.65. The number of H-pyrrole nitrogens is 1. The number of hydrogen-bond acceptors (Lipinski definition) is 3. The van der Waals surface area contributed by atoms with Crippen LogP contribution in [0.5, 0.6) is 0 Å². The van der Waals surface area contributed by atoms with E-state index in [-0.39, 0.29) is 5.91 Å². The number of carbonyl (C=O) groups is 1. The molecule has 3 heterocycles. The molecule has 4 rings (SSSR count). The van der Waals surface area contributed by atoms with Crippen LogP contribution in [0.3, 0.4) is 0 Å². The molecule has 1 N–H and O–H groups in total. The molecule has 1 aliphatic heterocycles. The number of nitrogens with zero attached hydrogens (tertiary/aromatic N) is 3. The summed E-state index contributed by atoms with van der Waals surface area (Å²) >= 11 is 5.78. The van der Waals surface area contributed by atoms with E-state index in [1.807, 2.05) is 29.2 Å². The number of carbonyl (C=O) groups excluding carboxylic acids is 1. The topological polar surface area (TPSA) is 61.9 Å². The highest BCUT2D eigenvalue weighted by Gasteiger charge is 2.26. The number of imidazole rings is 1. The number of pyridine rings is 1. The number of piperidine rings is 1. The van der Waals surface area contributed by atoms with Crippen LogP contribution in [-0.4, -0.2) is 38.8 Å². The van der Waals surface area contributed by atoms with E-state index in [1.165, 1.54) is 6.20 Å². The van der Waals surface area contributed by atoms with Crippen LogP contribution < -0.4 is 0 Å². The number of aromatic amines is 1. The summed E-state index contributed by atoms with van der Waals surface area (Å²) < 4.78 is 0. The normalized spacial score (nSPS) is 15.8. The SMILES string of the molecule is O=C(c1ccc(Cl)nc1)N1CCC(c2nc3ccccc3[nH]2)CC1. The Kier molecular flexibility index (Phi) is 3.94. The van der Waals surface area contributed by atoms with Gasteiger partial charge in [-0.05, 0) is 37.1 Å². The van der Waals surface area contributed by atoms with Gasteiger partial charge in [0, 0.05) is 25.2 Å². The van der Waals surface area contributed by atoms with Crippen LogP contribution in [-0.2, 0) is 0 Å². The maximum atomic E-state index is 12.5. The summed E-state index contributed by atoms with van der Waals surface area (Å²) in [6.07, 6.45) is 3.36. The van der Waals surface area contributed by atoms with Gasteiger partial charge in [0.1, 0.15) is 11.0 Å². The minimum absolute atomic E-state index is 0.0159. The number of halogens is 1. The van der Waals surface area contributed by atoms with Crippen molar-refractivity contribution in [3.8, 4) is 0 Å². The molecule has 1 fully saturated rings. The fourth-order valence-electron chi connectivity index (χ4n) is 3.21. The van der Waals surface area contributed by atoms with Crippen molar-refractivity contribution in [1.82, 2.24) is 19.9 Å². The molecular formula is C18H17ClN4O. The monoisotopic (exact) mass is 340 g/mol. The third-order valence-electron chi connectivity index (χ3n) is 4.55. The zero-order valence-electron chi connectivity index (χ0n) is 13.1. The molecule has 3 aromatic rings. The fourth-order valence-corrected chi connectivity index (χ4v) is 3.32. The molecule has 6 heteroatoms. The number of para-hydroxylation sites is 2. The molecule has 122 valence electrons. The molecule has 0 atom stereocenters. The first kappa shape index (κ1) is 15.1. The molecule has 1 aromatic carbocycles. The Morgan fingerprint density at radius 3 is 2.67 bits per heavy atom. The highest BCUT2D eigenvalue weighted by molar-refractivity contribution is 6.29. The first-order valence-electron chi connectivity index (χ1n) is 8.06. The zero-order valence-corrected chi connectivity index (χ0v) is 13.8. The molecule has 1 amide bonds. The second kappa shape index (κ2) is 6.24. The maximum absolute atomic E-state index is 12.5. The molecule has 0 spiro atoms. The Bertz CT molecular complexity index is 833. The number of likely N-dealkylation sites (tertiary alicyclic amines) is 1. The van der Waals surface area contributed by atoms with Crippen molar-refractivity contribution in [1.29, 1.82) is 0 Å². The number of aromatic nitrogens is 3. The highest BCUT2D eigenvalue weighted by Crippen LogP contribution is 2.28. The Labute approximate surface area is 144 Å². The van der Waals surface area contributed by atoms with Crippen molar-refractivity contribution in [3.63, 3.8) is 0 Å². The van der Waals surface area contributed by atoms with E-state index in [9.17, 15) is 4.79 Å². The molecule has 1 saturated heterocycles. The van der Waals surface area contributed by atoms with Gasteiger partial charge in [-0.3, -0.25) is 4.79 Å². The number of nitrogens with one attached hydrogen (secondary N) is 1. The van der Waals surface area contributed by atoms with E-state index in [4.69, 9.17) is 16.6 Å². The summed E-state index contributed by atoms with van der Waals surface area (Å²) in [4.78, 5) is 26.5. The Morgan fingerprint density at radius 2 is 1.96 bits per heavy atom. The Morgan fingerprint density at radius 1 is 1.17 bits per heavy atom. The van der Waals surface area contributed by atoms with E-state index >= 15 is 0 Å². The van der Waals surface area contributed by atoms with E-state index in [2.05, 4.69) is 9.97 Å². The van der Waals surface area contributed by atoms with Crippen LogP contribution in [0.1, 0.15) is 34.9 Å². The van der Waals surface area contributed by atoms with Crippen LogP contribution in [0.25, 0.3) is 11.0 Å². The number of amides is 1. The van der Waals surface area contributed by atoms with E-state index in [1.54, 1.807) is 12.1 Å². The summed E-state index contributed by atoms with van der Waals surface area (Å²) in [6.45, 7) is 1.45. The zero-order chi connectivity index (χ0) is 16.5. The van der Waals surface area contributed by atoms with Crippen molar-refractivity contribution in [3.05, 3.63) is 59.1 Å². The van der Waals surface area contributed by atoms with Crippen LogP contribution in [0.4, 0.5) is 0 Å². The smallest absolute Gasteiger partial charge is 0.255 e. The fraction of sp³-hybridized carbons (Fsp3) is 0.278. The van der Waals surface area contributed by atoms with Crippen molar-refractivity contribution in [2.75, 3.05) is 13.1 Å². The minimum atomic E-state index is 0.0159. The molecule has 1 aliphatic rings. The molecule has 0 aliphatic carbocycles. The number of hydrogen-bond donors (Lipinski definition) is 1. The van der Waals surface area contributed by atoms with Crippen molar-refractivity contribution in [2.45, 2.75) is 18.8 Å². The van der Waals surface area contributed by atoms with E-state index in [0.717, 1.165) is 42.8 Å². The van der Waals surface area contributed by atoms with Crippen LogP contribution in [0.15, 0.2) is 42.6 Å². The second-order valence-electron chi connectivity index (χ2n) is 6.08. The lowest BCUT2D eigenvalue weighted by Crippen LogP contribution is -2.38. The number of fused-ring (bicyclic) bond motifs is 1. The van der Waals surface area contributed by atoms with Gasteiger partial charge in [-0.2, -0.15) is 0 Å². The molecular weight excluding hydrogens is 324 g/mol. The molecule has 0 radical (unpaired) electrons. The van der Waals surface area contributed by atoms with Crippen LogP contribution in [0.2, 0.25) is 5.15 Å². The van der Waals surface area contributed by atoms with Gasteiger partial charge >= 0.3 is 0 Å². The lowest BCUT2D eigenvalue weighted by atomic mass is 9.96. The van der Waals surface area contributed by atoms with Gasteiger partial charge in [0.25, 0.3) is 5.91 Å². The maximum Gasteiger partial charge on any atom is 0.255 e. The van der Waals surface area contributed by atoms with E-state index in [0.29, 0.717) is 16.6 Å². The molecule has 24 heavy (non-hydrogen) atoms. The summed E-state index contributed by atoms with van der Waals surface area (Å²) in [6, 6.07) is 11.4. The first-order chi connectivity index (χ1) is 11.7. The van der Waals surface area contributed by atoms with Gasteiger partial charge in [0.2, 0.25) is 0 Å². The van der Waals surface area contributed by atoms with Gasteiger partial charge in [-0.1, -0.05) is 23.7 Å². The van der Waals surface area contributed by atoms with Crippen LogP contribution in [0, 0.1) is 0 Å². The third kappa shape index (κ3) is 2.87. The molecule has 2 aromatic heterocycles. The minimum Gasteiger partial charge on any atom is -0.342 e. The second-order valence-corrected chi connectivity index (χ2v) is 6.46. The quantitative estimate of drug-likeness (QED) is 0.724. The van der Waals surface area contributed by atoms with Gasteiger partial charge < -0.3 is 9.88 Å². The van der Waals surface area contributed by atoms with Crippen molar-refractivity contribution >= 4 is 28.5 Å². The van der Waals surface area contributed by atoms with Gasteiger partial charge in [0.15, 0.2) is 0 Å². The van der Waals surface area contributed by atoms with Gasteiger partial charge in [-0.15, -0.1) is 0 Å². The molecule has 0 unspecified atom stereocenters. The standard InChI is InChI=1S/C18H17ClN4O/c19-16-6-5-13(11-20-16)18(24)23-9-7-12(8-10-23)17-21-14-3-1-2-4-15(14)22-17/h1-6,11-12H,7-10H2,(H,21,22). The average Bonchev–Trinajstić information content (AvgIpc) is 3.06. The summed E-state index contributed by atoms with van der Waals surface area (Å²) in [7, 11) is 0. The third-order valence-corrected chi connectivity index (χ3v) is 4.77. The summed E-state index contributed by atoms with van der Waals surface area (Å²) in [5.74, 6) is 1.41. The number of benzene rings is 1. The molecule has 0 bridgehead atoms. The van der Waals surface area contributed by atoms with Gasteiger partial charge in [-0.25, -0.2) is 9.97 Å². The van der Waals surface area contributed by atoms with Crippen molar-refractivity contribution in [2.24, 2.45) is 0 Å². The highest BCUT2D eigenvalue weighted by atomic mass is 35.5. The lowest BCUT2D eigenvalue weighted by Gasteiger charge is -2.31. The van der Waals surface area contributed by atoms with Crippen LogP contribution >= 0.6 is 11.6 Å². The van der Waals surface area contributed by atoms with E-state index < -0.39 is 0 Å². The summed E-state index contributed by atoms with van der Waals surface area (Å²) in [5, 5.41) is 0.398. The lowest BCUT2D eigenvalue weighted by molar-refractivity contribution is 0.0711. The Hall–Kier alpha value is -2.40. The first-order valence-corrected chi connectivity index (χ1v) is 8.44. The predicted molar refractivity (Wildman–Crippen MR) is 93.2 cm³/mol. The largest absolute Gasteiger partial charge is 0.342 e. The average molecular weight is 341 g/mol. The Balaban J connectivity index is 1.44.